The third kappa shape index (κ3) is 37.0. The largest absolute Gasteiger partial charge is 0.396 e. The van der Waals surface area contributed by atoms with Gasteiger partial charge in [-0.2, -0.15) is 12.6 Å². The number of hydrogen-bond donors (Lipinski definition) is 7. The summed E-state index contributed by atoms with van der Waals surface area (Å²) in [5.41, 5.74) is 17.0. The summed E-state index contributed by atoms with van der Waals surface area (Å²) in [4.78, 5) is 0. The molecule has 0 saturated carbocycles. The minimum atomic E-state index is -1.28. The fourth-order valence-electron chi connectivity index (χ4n) is 2.12. The van der Waals surface area contributed by atoms with Gasteiger partial charge in [-0.05, 0) is 76.6 Å². The molecule has 0 aliphatic carbocycles. The van der Waals surface area contributed by atoms with Crippen LogP contribution in [0.15, 0.2) is 37.0 Å². The zero-order chi connectivity index (χ0) is 28.2. The fourth-order valence-corrected chi connectivity index (χ4v) is 6.30. The third-order valence-corrected chi connectivity index (χ3v) is 9.12. The molecule has 0 aliphatic rings. The molecule has 0 bridgehead atoms. The van der Waals surface area contributed by atoms with E-state index in [1.165, 1.54) is 12.8 Å². The van der Waals surface area contributed by atoms with Crippen molar-refractivity contribution in [2.75, 3.05) is 63.1 Å². The standard InChI is InChI=1S/C11H21NOS2.C8H21NO2S2.C4H11N.CH4S/c1-4-7-11(5-2)10-13-15(3,14)9-6-8-12;1-8(4-6-10)11-13(2,12)7-3-5-9;1-2-3-4-5;1-2/h4-5,7,14H,1-2,6,8-10,12H2,3H3;8,10,12H,3-7,9H2,1-2H3;2-5H2,1H3;2H,1H3/b11-7+;;;. The first kappa shape index (κ1) is 42.8. The van der Waals surface area contributed by atoms with E-state index in [1.807, 2.05) is 25.5 Å². The Balaban J connectivity index is -0.000000218. The van der Waals surface area contributed by atoms with E-state index in [2.05, 4.69) is 56.0 Å². The van der Waals surface area contributed by atoms with Gasteiger partial charge in [-0.1, -0.05) is 63.4 Å². The topological polar surface area (TPSA) is 117 Å². The van der Waals surface area contributed by atoms with Crippen molar-refractivity contribution in [2.24, 2.45) is 17.2 Å². The van der Waals surface area contributed by atoms with E-state index in [-0.39, 0.29) is 12.7 Å². The fraction of sp³-hybridized carbons (Fsp3) is 0.750. The Morgan fingerprint density at radius 1 is 0.971 bits per heavy atom. The van der Waals surface area contributed by atoms with E-state index in [9.17, 15) is 0 Å². The summed E-state index contributed by atoms with van der Waals surface area (Å²) < 4.78 is 11.5. The molecule has 35 heavy (non-hydrogen) atoms. The van der Waals surface area contributed by atoms with Gasteiger partial charge >= 0.3 is 0 Å². The molecule has 0 radical (unpaired) electrons. The van der Waals surface area contributed by atoms with Crippen molar-refractivity contribution >= 4 is 54.6 Å². The van der Waals surface area contributed by atoms with Gasteiger partial charge in [0.15, 0.2) is 0 Å². The highest BCUT2D eigenvalue weighted by Crippen LogP contribution is 2.52. The van der Waals surface area contributed by atoms with Crippen LogP contribution in [0.4, 0.5) is 0 Å². The molecule has 0 rings (SSSR count). The van der Waals surface area contributed by atoms with E-state index in [1.54, 1.807) is 18.4 Å². The predicted octanol–water partition coefficient (Wildman–Crippen LogP) is 5.45. The van der Waals surface area contributed by atoms with Crippen molar-refractivity contribution in [3.05, 3.63) is 37.0 Å². The van der Waals surface area contributed by atoms with Crippen LogP contribution >= 0.6 is 54.6 Å². The van der Waals surface area contributed by atoms with E-state index in [0.717, 1.165) is 36.5 Å². The highest BCUT2D eigenvalue weighted by Gasteiger charge is 2.16. The molecule has 0 fully saturated rings. The highest BCUT2D eigenvalue weighted by molar-refractivity contribution is 8.85. The summed E-state index contributed by atoms with van der Waals surface area (Å²) in [7, 11) is -2.54. The lowest BCUT2D eigenvalue weighted by atomic mass is 10.2. The van der Waals surface area contributed by atoms with E-state index < -0.39 is 18.7 Å². The van der Waals surface area contributed by atoms with Crippen molar-refractivity contribution in [3.63, 3.8) is 0 Å². The van der Waals surface area contributed by atoms with Gasteiger partial charge in [-0.15, -0.1) is 23.3 Å². The maximum atomic E-state index is 8.69. The molecule has 3 unspecified atom stereocenters. The second kappa shape index (κ2) is 31.0. The van der Waals surface area contributed by atoms with Gasteiger partial charge in [0.2, 0.25) is 0 Å². The maximum absolute atomic E-state index is 8.69. The average Bonchev–Trinajstić information content (AvgIpc) is 2.81. The monoisotopic (exact) mass is 595 g/mol. The van der Waals surface area contributed by atoms with Gasteiger partial charge in [0.05, 0.1) is 12.7 Å². The Labute approximate surface area is 236 Å². The van der Waals surface area contributed by atoms with Gasteiger partial charge in [0.25, 0.3) is 0 Å². The number of aliphatic hydroxyl groups is 1. The predicted molar refractivity (Wildman–Crippen MR) is 178 cm³/mol. The molecule has 0 aromatic rings. The lowest BCUT2D eigenvalue weighted by Crippen LogP contribution is -2.14. The van der Waals surface area contributed by atoms with Crippen molar-refractivity contribution in [1.29, 1.82) is 0 Å². The molecule has 7 N–H and O–H groups in total. The van der Waals surface area contributed by atoms with E-state index >= 15 is 0 Å². The lowest BCUT2D eigenvalue weighted by Gasteiger charge is -2.32. The van der Waals surface area contributed by atoms with Crippen LogP contribution < -0.4 is 17.2 Å². The van der Waals surface area contributed by atoms with Crippen molar-refractivity contribution < 1.29 is 13.5 Å². The Morgan fingerprint density at radius 3 is 1.80 bits per heavy atom. The number of thiol groups is 3. The molecule has 6 nitrogen and oxygen atoms in total. The van der Waals surface area contributed by atoms with Gasteiger partial charge in [-0.3, -0.25) is 0 Å². The Kier molecular flexibility index (Phi) is 37.9. The van der Waals surface area contributed by atoms with Crippen LogP contribution in [0.25, 0.3) is 0 Å². The first-order chi connectivity index (χ1) is 16.5. The van der Waals surface area contributed by atoms with Crippen LogP contribution in [0.3, 0.4) is 0 Å². The maximum Gasteiger partial charge on any atom is 0.0852 e. The summed E-state index contributed by atoms with van der Waals surface area (Å²) >= 11 is 12.5. The lowest BCUT2D eigenvalue weighted by molar-refractivity contribution is 0.188. The average molecular weight is 596 g/mol. The van der Waals surface area contributed by atoms with Crippen LogP contribution in [-0.2, 0) is 8.37 Å². The SMILES string of the molecule is C=C/C=C(\C=C)COS(C)(S)CCCN.CC(CCO)OS(C)(S)CCCN.CCCCN.CS. The van der Waals surface area contributed by atoms with Crippen molar-refractivity contribution in [1.82, 2.24) is 0 Å². The summed E-state index contributed by atoms with van der Waals surface area (Å²) in [5, 5.41) is 8.69. The smallest absolute Gasteiger partial charge is 0.0852 e. The van der Waals surface area contributed by atoms with Gasteiger partial charge in [-0.25, -0.2) is 0 Å². The Bertz CT molecular complexity index is 495. The number of rotatable bonds is 17. The Morgan fingerprint density at radius 2 is 1.46 bits per heavy atom. The molecule has 3 atom stereocenters. The van der Waals surface area contributed by atoms with Crippen LogP contribution in [-0.4, -0.2) is 74.3 Å². The highest BCUT2D eigenvalue weighted by atomic mass is 33.1. The van der Waals surface area contributed by atoms with Gasteiger partial charge < -0.3 is 30.7 Å². The van der Waals surface area contributed by atoms with Crippen LogP contribution in [0, 0.1) is 0 Å². The van der Waals surface area contributed by atoms with Gasteiger partial charge in [0, 0.05) is 18.1 Å². The summed E-state index contributed by atoms with van der Waals surface area (Å²) in [6.45, 7) is 14.3. The molecule has 0 aromatic carbocycles. The minimum Gasteiger partial charge on any atom is -0.396 e. The first-order valence-electron chi connectivity index (χ1n) is 11.9. The first-order valence-corrected chi connectivity index (χ1v) is 19.1. The zero-order valence-corrected chi connectivity index (χ0v) is 27.2. The number of hydrogen-bond acceptors (Lipinski definition) is 9. The molecule has 0 amide bonds. The van der Waals surface area contributed by atoms with Crippen molar-refractivity contribution in [2.45, 2.75) is 52.1 Å². The van der Waals surface area contributed by atoms with E-state index in [0.29, 0.717) is 26.1 Å². The second-order valence-corrected chi connectivity index (χ2v) is 17.3. The van der Waals surface area contributed by atoms with Gasteiger partial charge in [0.1, 0.15) is 0 Å². The second-order valence-electron chi connectivity index (χ2n) is 7.62. The molecule has 0 aliphatic heterocycles. The molecule has 216 valence electrons. The van der Waals surface area contributed by atoms with Crippen molar-refractivity contribution in [3.8, 4) is 0 Å². The molecular weight excluding hydrogens is 539 g/mol. The molecule has 0 saturated heterocycles. The normalized spacial score (nSPS) is 16.7. The number of aliphatic hydroxyl groups excluding tert-OH is 1. The third-order valence-electron chi connectivity index (χ3n) is 3.99. The molecule has 0 heterocycles. The van der Waals surface area contributed by atoms with Crippen LogP contribution in [0.5, 0.6) is 0 Å². The summed E-state index contributed by atoms with van der Waals surface area (Å²) in [6, 6.07) is 0. The Hall–Kier alpha value is 0.730. The molecule has 0 aromatic heterocycles. The minimum absolute atomic E-state index is 0.0836. The summed E-state index contributed by atoms with van der Waals surface area (Å²) in [6.07, 6.45) is 16.2. The quantitative estimate of drug-likeness (QED) is 0.0683. The molecule has 0 spiro atoms. The number of unbranched alkanes of at least 4 members (excludes halogenated alkanes) is 1. The number of nitrogens with two attached hydrogens (primary N) is 3. The van der Waals surface area contributed by atoms with E-state index in [4.69, 9.17) is 30.7 Å². The summed E-state index contributed by atoms with van der Waals surface area (Å²) in [5.74, 6) is 1.84. The van der Waals surface area contributed by atoms with Crippen LogP contribution in [0.1, 0.15) is 46.0 Å². The molecule has 11 heteroatoms. The number of allylic oxidation sites excluding steroid dienone is 2. The van der Waals surface area contributed by atoms with Crippen LogP contribution in [0.2, 0.25) is 0 Å². The zero-order valence-electron chi connectivity index (χ0n) is 22.9. The molecular formula is C24H57N3O3S5.